The van der Waals surface area contributed by atoms with Gasteiger partial charge in [0.05, 0.1) is 0 Å². The lowest BCUT2D eigenvalue weighted by Crippen LogP contribution is -2.42. The molecular weight excluding hydrogens is 246 g/mol. The molecule has 0 radical (unpaired) electrons. The van der Waals surface area contributed by atoms with Crippen LogP contribution in [-0.4, -0.2) is 28.1 Å². The number of nitrogens with zero attached hydrogens (tertiary/aromatic N) is 1. The quantitative estimate of drug-likeness (QED) is 0.910. The zero-order chi connectivity index (χ0) is 12.5. The van der Waals surface area contributed by atoms with Gasteiger partial charge in [0.2, 0.25) is 0 Å². The van der Waals surface area contributed by atoms with Crippen molar-refractivity contribution in [2.45, 2.75) is 50.7 Å². The highest BCUT2D eigenvalue weighted by molar-refractivity contribution is 7.09. The average molecular weight is 265 g/mol. The van der Waals surface area contributed by atoms with Crippen LogP contribution in [0.2, 0.25) is 0 Å². The predicted molar refractivity (Wildman–Crippen MR) is 71.6 cm³/mol. The van der Waals surface area contributed by atoms with Gasteiger partial charge < -0.3 is 5.11 Å². The third-order valence-corrected chi connectivity index (χ3v) is 5.22. The van der Waals surface area contributed by atoms with Crippen molar-refractivity contribution in [1.29, 1.82) is 0 Å². The van der Waals surface area contributed by atoms with Crippen LogP contribution in [-0.2, 0) is 11.3 Å². The van der Waals surface area contributed by atoms with Gasteiger partial charge in [0.15, 0.2) is 0 Å². The normalized spacial score (nSPS) is 31.7. The van der Waals surface area contributed by atoms with E-state index in [0.29, 0.717) is 24.4 Å². The molecule has 3 heterocycles. The molecule has 2 bridgehead atoms. The highest BCUT2D eigenvalue weighted by Crippen LogP contribution is 2.40. The highest BCUT2D eigenvalue weighted by atomic mass is 32.1. The minimum atomic E-state index is -0.633. The number of hydrogen-bond donors (Lipinski definition) is 1. The number of fused-ring (bicyclic) bond motifs is 2. The summed E-state index contributed by atoms with van der Waals surface area (Å²) in [6.45, 7) is 1.06. The van der Waals surface area contributed by atoms with Crippen molar-refractivity contribution >= 4 is 17.3 Å². The molecule has 2 aliphatic rings. The van der Waals surface area contributed by atoms with E-state index in [1.165, 1.54) is 17.7 Å². The Bertz CT molecular complexity index is 403. The molecule has 1 N–H and O–H groups in total. The summed E-state index contributed by atoms with van der Waals surface area (Å²) < 4.78 is 0. The molecule has 0 spiro atoms. The second-order valence-electron chi connectivity index (χ2n) is 5.57. The Kier molecular flexibility index (Phi) is 3.39. The van der Waals surface area contributed by atoms with Crippen LogP contribution in [0.15, 0.2) is 17.5 Å². The SMILES string of the molecule is O=C(O)CC1CC2CCC(C1)N2Cc1cccs1. The molecule has 0 saturated carbocycles. The molecule has 2 aliphatic heterocycles. The van der Waals surface area contributed by atoms with Crippen molar-refractivity contribution < 1.29 is 9.90 Å². The van der Waals surface area contributed by atoms with Crippen molar-refractivity contribution in [3.63, 3.8) is 0 Å². The van der Waals surface area contributed by atoms with Crippen LogP contribution in [0.5, 0.6) is 0 Å². The predicted octanol–water partition coefficient (Wildman–Crippen LogP) is 2.97. The third-order valence-electron chi connectivity index (χ3n) is 4.36. The molecule has 0 aromatic carbocycles. The van der Waals surface area contributed by atoms with Crippen molar-refractivity contribution in [1.82, 2.24) is 4.90 Å². The first-order chi connectivity index (χ1) is 8.72. The van der Waals surface area contributed by atoms with Crippen LogP contribution in [0.1, 0.15) is 37.0 Å². The minimum Gasteiger partial charge on any atom is -0.481 e. The Morgan fingerprint density at radius 1 is 1.39 bits per heavy atom. The largest absolute Gasteiger partial charge is 0.481 e. The van der Waals surface area contributed by atoms with E-state index in [1.807, 2.05) is 11.3 Å². The van der Waals surface area contributed by atoms with Crippen LogP contribution >= 0.6 is 11.3 Å². The van der Waals surface area contributed by atoms with E-state index >= 15 is 0 Å². The Hall–Kier alpha value is -0.870. The van der Waals surface area contributed by atoms with Crippen LogP contribution in [0.3, 0.4) is 0 Å². The molecule has 98 valence electrons. The topological polar surface area (TPSA) is 40.5 Å². The number of rotatable bonds is 4. The highest BCUT2D eigenvalue weighted by Gasteiger charge is 2.40. The number of carbonyl (C=O) groups is 1. The van der Waals surface area contributed by atoms with Gasteiger partial charge in [0.1, 0.15) is 0 Å². The van der Waals surface area contributed by atoms with Crippen LogP contribution in [0.4, 0.5) is 0 Å². The van der Waals surface area contributed by atoms with E-state index in [4.69, 9.17) is 5.11 Å². The number of thiophene rings is 1. The molecule has 1 aromatic rings. The summed E-state index contributed by atoms with van der Waals surface area (Å²) in [4.78, 5) is 14.9. The Labute approximate surface area is 111 Å². The maximum atomic E-state index is 10.8. The van der Waals surface area contributed by atoms with Crippen LogP contribution in [0.25, 0.3) is 0 Å². The van der Waals surface area contributed by atoms with Gasteiger partial charge in [-0.15, -0.1) is 11.3 Å². The maximum absolute atomic E-state index is 10.8. The number of carboxylic acid groups (broad SMARTS) is 1. The standard InChI is InChI=1S/C14H19NO2S/c16-14(17)8-10-6-11-3-4-12(7-10)15(11)9-13-2-1-5-18-13/h1-2,5,10-12H,3-4,6-9H2,(H,16,17). The number of carboxylic acids is 1. The molecule has 2 saturated heterocycles. The lowest BCUT2D eigenvalue weighted by molar-refractivity contribution is -0.138. The first kappa shape index (κ1) is 12.2. The molecule has 3 rings (SSSR count). The number of piperidine rings is 1. The maximum Gasteiger partial charge on any atom is 0.303 e. The Morgan fingerprint density at radius 3 is 2.67 bits per heavy atom. The van der Waals surface area contributed by atoms with Crippen LogP contribution < -0.4 is 0 Å². The molecule has 18 heavy (non-hydrogen) atoms. The first-order valence-electron chi connectivity index (χ1n) is 6.72. The first-order valence-corrected chi connectivity index (χ1v) is 7.60. The van der Waals surface area contributed by atoms with Gasteiger partial charge in [0.25, 0.3) is 0 Å². The van der Waals surface area contributed by atoms with E-state index in [0.717, 1.165) is 19.4 Å². The summed E-state index contributed by atoms with van der Waals surface area (Å²) in [6, 6.07) is 5.55. The monoisotopic (exact) mass is 265 g/mol. The van der Waals surface area contributed by atoms with Crippen molar-refractivity contribution in [3.8, 4) is 0 Å². The van der Waals surface area contributed by atoms with Crippen molar-refractivity contribution in [3.05, 3.63) is 22.4 Å². The second-order valence-corrected chi connectivity index (χ2v) is 6.60. The third kappa shape index (κ3) is 2.45. The summed E-state index contributed by atoms with van der Waals surface area (Å²) >= 11 is 1.82. The van der Waals surface area contributed by atoms with E-state index in [9.17, 15) is 4.79 Å². The molecule has 0 aliphatic carbocycles. The van der Waals surface area contributed by atoms with E-state index in [-0.39, 0.29) is 0 Å². The van der Waals surface area contributed by atoms with Crippen molar-refractivity contribution in [2.24, 2.45) is 5.92 Å². The van der Waals surface area contributed by atoms with Crippen molar-refractivity contribution in [2.75, 3.05) is 0 Å². The summed E-state index contributed by atoms with van der Waals surface area (Å²) in [7, 11) is 0. The lowest BCUT2D eigenvalue weighted by atomic mass is 9.88. The van der Waals surface area contributed by atoms with Crippen LogP contribution in [0, 0.1) is 5.92 Å². The Morgan fingerprint density at radius 2 is 2.11 bits per heavy atom. The summed E-state index contributed by atoms with van der Waals surface area (Å²) in [5, 5.41) is 11.1. The van der Waals surface area contributed by atoms with Gasteiger partial charge in [-0.05, 0) is 43.0 Å². The molecule has 1 aromatic heterocycles. The van der Waals surface area contributed by atoms with Gasteiger partial charge in [-0.1, -0.05) is 6.07 Å². The molecule has 2 fully saturated rings. The van der Waals surface area contributed by atoms with Gasteiger partial charge in [-0.2, -0.15) is 0 Å². The van der Waals surface area contributed by atoms with Gasteiger partial charge in [-0.25, -0.2) is 0 Å². The summed E-state index contributed by atoms with van der Waals surface area (Å²) in [6.07, 6.45) is 5.03. The fourth-order valence-corrected chi connectivity index (χ4v) is 4.35. The van der Waals surface area contributed by atoms with E-state index in [1.54, 1.807) is 0 Å². The molecule has 2 unspecified atom stereocenters. The molecule has 4 heteroatoms. The Balaban J connectivity index is 1.64. The zero-order valence-electron chi connectivity index (χ0n) is 10.4. The molecule has 0 amide bonds. The number of hydrogen-bond acceptors (Lipinski definition) is 3. The second kappa shape index (κ2) is 5.02. The van der Waals surface area contributed by atoms with E-state index < -0.39 is 5.97 Å². The van der Waals surface area contributed by atoms with Gasteiger partial charge >= 0.3 is 5.97 Å². The molecule has 2 atom stereocenters. The van der Waals surface area contributed by atoms with E-state index in [2.05, 4.69) is 22.4 Å². The number of aliphatic carboxylic acids is 1. The van der Waals surface area contributed by atoms with Gasteiger partial charge in [0, 0.05) is 29.9 Å². The smallest absolute Gasteiger partial charge is 0.303 e. The zero-order valence-corrected chi connectivity index (χ0v) is 11.2. The van der Waals surface area contributed by atoms with Gasteiger partial charge in [-0.3, -0.25) is 9.69 Å². The summed E-state index contributed by atoms with van der Waals surface area (Å²) in [5.41, 5.74) is 0. The summed E-state index contributed by atoms with van der Waals surface area (Å²) in [5.74, 6) is -0.231. The average Bonchev–Trinajstić information content (AvgIpc) is 2.88. The molecular formula is C14H19NO2S. The fourth-order valence-electron chi connectivity index (χ4n) is 3.64. The fraction of sp³-hybridized carbons (Fsp3) is 0.643. The minimum absolute atomic E-state index is 0.361. The lowest BCUT2D eigenvalue weighted by Gasteiger charge is -2.38. The molecule has 3 nitrogen and oxygen atoms in total.